The van der Waals surface area contributed by atoms with Crippen LogP contribution in [-0.2, 0) is 9.59 Å². The molecule has 1 aromatic heterocycles. The minimum absolute atomic E-state index is 0.0264. The fourth-order valence-corrected chi connectivity index (χ4v) is 2.53. The number of hydrogen-bond acceptors (Lipinski definition) is 6. The topological polar surface area (TPSA) is 138 Å². The van der Waals surface area contributed by atoms with E-state index in [2.05, 4.69) is 10.3 Å². The van der Waals surface area contributed by atoms with Crippen molar-refractivity contribution in [3.63, 3.8) is 0 Å². The van der Waals surface area contributed by atoms with Crippen LogP contribution in [0.15, 0.2) is 18.5 Å². The van der Waals surface area contributed by atoms with E-state index in [9.17, 15) is 9.59 Å². The van der Waals surface area contributed by atoms with Crippen molar-refractivity contribution < 1.29 is 9.59 Å². The Bertz CT molecular complexity index is 588. The summed E-state index contributed by atoms with van der Waals surface area (Å²) in [5.41, 5.74) is 12.2. The van der Waals surface area contributed by atoms with E-state index >= 15 is 0 Å². The van der Waals surface area contributed by atoms with Gasteiger partial charge in [-0.15, -0.1) is 0 Å². The third-order valence-corrected chi connectivity index (χ3v) is 3.68. The SMILES string of the molecule is N=C(CN)c1cnccc1NCC(=O)N1CCCC1C(N)=O. The molecule has 1 saturated heterocycles. The zero-order valence-electron chi connectivity index (χ0n) is 12.2. The Morgan fingerprint density at radius 3 is 2.95 bits per heavy atom. The molecule has 0 radical (unpaired) electrons. The normalized spacial score (nSPS) is 17.3. The Hall–Kier alpha value is -2.48. The number of primary amides is 1. The highest BCUT2D eigenvalue weighted by atomic mass is 16.2. The number of carbonyl (C=O) groups excluding carboxylic acids is 2. The first-order valence-corrected chi connectivity index (χ1v) is 7.09. The Labute approximate surface area is 128 Å². The van der Waals surface area contributed by atoms with Gasteiger partial charge in [-0.1, -0.05) is 0 Å². The quantitative estimate of drug-likeness (QED) is 0.515. The van der Waals surface area contributed by atoms with E-state index in [1.807, 2.05) is 0 Å². The highest BCUT2D eigenvalue weighted by Crippen LogP contribution is 2.18. The zero-order chi connectivity index (χ0) is 16.1. The third-order valence-electron chi connectivity index (χ3n) is 3.68. The summed E-state index contributed by atoms with van der Waals surface area (Å²) in [6, 6.07) is 1.16. The first-order chi connectivity index (χ1) is 10.5. The van der Waals surface area contributed by atoms with Gasteiger partial charge in [0.1, 0.15) is 6.04 Å². The van der Waals surface area contributed by atoms with Gasteiger partial charge in [0, 0.05) is 36.7 Å². The van der Waals surface area contributed by atoms with Crippen molar-refractivity contribution in [3.8, 4) is 0 Å². The van der Waals surface area contributed by atoms with Crippen LogP contribution in [0.25, 0.3) is 0 Å². The predicted molar refractivity (Wildman–Crippen MR) is 82.5 cm³/mol. The molecule has 8 heteroatoms. The van der Waals surface area contributed by atoms with Gasteiger partial charge in [0.15, 0.2) is 0 Å². The summed E-state index contributed by atoms with van der Waals surface area (Å²) in [4.78, 5) is 29.0. The van der Waals surface area contributed by atoms with Crippen molar-refractivity contribution in [2.75, 3.05) is 25.0 Å². The van der Waals surface area contributed by atoms with E-state index in [1.54, 1.807) is 12.3 Å². The van der Waals surface area contributed by atoms with Crippen LogP contribution < -0.4 is 16.8 Å². The number of anilines is 1. The highest BCUT2D eigenvalue weighted by molar-refractivity contribution is 6.04. The lowest BCUT2D eigenvalue weighted by Gasteiger charge is -2.22. The van der Waals surface area contributed by atoms with E-state index in [4.69, 9.17) is 16.9 Å². The van der Waals surface area contributed by atoms with Crippen molar-refractivity contribution in [2.24, 2.45) is 11.5 Å². The highest BCUT2D eigenvalue weighted by Gasteiger charge is 2.32. The first kappa shape index (κ1) is 15.9. The number of nitrogens with two attached hydrogens (primary N) is 2. The lowest BCUT2D eigenvalue weighted by molar-refractivity contribution is -0.135. The summed E-state index contributed by atoms with van der Waals surface area (Å²) >= 11 is 0. The molecule has 2 amide bonds. The fraction of sp³-hybridized carbons (Fsp3) is 0.429. The van der Waals surface area contributed by atoms with Gasteiger partial charge >= 0.3 is 0 Å². The average molecular weight is 304 g/mol. The Balaban J connectivity index is 2.03. The van der Waals surface area contributed by atoms with Crippen molar-refractivity contribution >= 4 is 23.2 Å². The molecular weight excluding hydrogens is 284 g/mol. The molecule has 0 spiro atoms. The molecule has 1 aliphatic rings. The molecular formula is C14H20N6O2. The van der Waals surface area contributed by atoms with Gasteiger partial charge in [0.05, 0.1) is 12.3 Å². The Kier molecular flexibility index (Phi) is 5.05. The molecule has 0 aromatic carbocycles. The number of hydrogen-bond donors (Lipinski definition) is 4. The maximum Gasteiger partial charge on any atom is 0.242 e. The van der Waals surface area contributed by atoms with Gasteiger partial charge in [0.25, 0.3) is 0 Å². The number of rotatable bonds is 6. The Morgan fingerprint density at radius 1 is 1.50 bits per heavy atom. The second-order valence-electron chi connectivity index (χ2n) is 5.11. The van der Waals surface area contributed by atoms with E-state index in [-0.39, 0.29) is 24.7 Å². The van der Waals surface area contributed by atoms with Gasteiger partial charge in [-0.25, -0.2) is 0 Å². The third kappa shape index (κ3) is 3.40. The van der Waals surface area contributed by atoms with Crippen LogP contribution in [0.4, 0.5) is 5.69 Å². The van der Waals surface area contributed by atoms with Crippen LogP contribution in [0, 0.1) is 5.41 Å². The Morgan fingerprint density at radius 2 is 2.27 bits per heavy atom. The summed E-state index contributed by atoms with van der Waals surface area (Å²) in [6.45, 7) is 0.652. The number of amides is 2. The maximum atomic E-state index is 12.2. The van der Waals surface area contributed by atoms with Crippen LogP contribution in [-0.4, -0.2) is 53.1 Å². The lowest BCUT2D eigenvalue weighted by atomic mass is 10.1. The molecule has 1 unspecified atom stereocenters. The van der Waals surface area contributed by atoms with Crippen molar-refractivity contribution in [1.29, 1.82) is 5.41 Å². The number of nitrogens with zero attached hydrogens (tertiary/aromatic N) is 2. The van der Waals surface area contributed by atoms with Gasteiger partial charge in [-0.3, -0.25) is 14.6 Å². The number of aromatic nitrogens is 1. The molecule has 0 aliphatic carbocycles. The molecule has 2 rings (SSSR count). The van der Waals surface area contributed by atoms with E-state index in [0.29, 0.717) is 24.2 Å². The molecule has 6 N–H and O–H groups in total. The van der Waals surface area contributed by atoms with Crippen LogP contribution >= 0.6 is 0 Å². The standard InChI is InChI=1S/C14H20N6O2/c15-6-10(16)9-7-18-4-3-11(9)19-8-13(21)20-5-1-2-12(20)14(17)22/h3-4,7,12,16H,1-2,5-6,8,15H2,(H2,17,22)(H,18,19). The molecule has 0 bridgehead atoms. The number of nitrogens with one attached hydrogen (secondary N) is 2. The second kappa shape index (κ2) is 6.99. The van der Waals surface area contributed by atoms with Crippen LogP contribution in [0.5, 0.6) is 0 Å². The molecule has 0 saturated carbocycles. The van der Waals surface area contributed by atoms with E-state index < -0.39 is 11.9 Å². The zero-order valence-corrected chi connectivity index (χ0v) is 12.2. The summed E-state index contributed by atoms with van der Waals surface area (Å²) in [7, 11) is 0. The smallest absolute Gasteiger partial charge is 0.242 e. The van der Waals surface area contributed by atoms with Crippen LogP contribution in [0.3, 0.4) is 0 Å². The second-order valence-corrected chi connectivity index (χ2v) is 5.11. The first-order valence-electron chi connectivity index (χ1n) is 7.09. The lowest BCUT2D eigenvalue weighted by Crippen LogP contribution is -2.45. The van der Waals surface area contributed by atoms with Gasteiger partial charge in [0.2, 0.25) is 11.8 Å². The van der Waals surface area contributed by atoms with Gasteiger partial charge in [-0.2, -0.15) is 0 Å². The average Bonchev–Trinajstić information content (AvgIpc) is 3.02. The van der Waals surface area contributed by atoms with E-state index in [0.717, 1.165) is 6.42 Å². The number of pyridine rings is 1. The summed E-state index contributed by atoms with van der Waals surface area (Å²) in [5.74, 6) is -0.663. The minimum atomic E-state index is -0.520. The molecule has 1 aromatic rings. The molecule has 1 aliphatic heterocycles. The van der Waals surface area contributed by atoms with Crippen LogP contribution in [0.1, 0.15) is 18.4 Å². The summed E-state index contributed by atoms with van der Waals surface area (Å²) in [6.07, 6.45) is 4.49. The fourth-order valence-electron chi connectivity index (χ4n) is 2.53. The van der Waals surface area contributed by atoms with Crippen molar-refractivity contribution in [1.82, 2.24) is 9.88 Å². The summed E-state index contributed by atoms with van der Waals surface area (Å²) < 4.78 is 0. The molecule has 22 heavy (non-hydrogen) atoms. The monoisotopic (exact) mass is 304 g/mol. The van der Waals surface area contributed by atoms with Crippen molar-refractivity contribution in [2.45, 2.75) is 18.9 Å². The number of likely N-dealkylation sites (tertiary alicyclic amines) is 1. The van der Waals surface area contributed by atoms with E-state index in [1.165, 1.54) is 11.1 Å². The maximum absolute atomic E-state index is 12.2. The molecule has 8 nitrogen and oxygen atoms in total. The van der Waals surface area contributed by atoms with Crippen LogP contribution in [0.2, 0.25) is 0 Å². The molecule has 1 fully saturated rings. The largest absolute Gasteiger partial charge is 0.376 e. The molecule has 118 valence electrons. The van der Waals surface area contributed by atoms with Crippen molar-refractivity contribution in [3.05, 3.63) is 24.0 Å². The molecule has 1 atom stereocenters. The van der Waals surface area contributed by atoms with Gasteiger partial charge < -0.3 is 27.1 Å². The summed E-state index contributed by atoms with van der Waals surface area (Å²) in [5, 5.41) is 10.8. The molecule has 2 heterocycles. The minimum Gasteiger partial charge on any atom is -0.376 e. The predicted octanol–water partition coefficient (Wildman–Crippen LogP) is -0.704. The number of carbonyl (C=O) groups is 2. The van der Waals surface area contributed by atoms with Gasteiger partial charge in [-0.05, 0) is 18.9 Å².